The van der Waals surface area contributed by atoms with Crippen molar-refractivity contribution in [3.8, 4) is 17.0 Å². The Bertz CT molecular complexity index is 1260. The van der Waals surface area contributed by atoms with Crippen LogP contribution in [0.4, 0.5) is 0 Å². The molecular formula is C27H25N3O2. The molecule has 4 aromatic rings. The Labute approximate surface area is 187 Å². The van der Waals surface area contributed by atoms with Gasteiger partial charge in [0.1, 0.15) is 5.75 Å². The molecule has 1 amide bonds. The first-order valence-corrected chi connectivity index (χ1v) is 10.5. The van der Waals surface area contributed by atoms with Crippen molar-refractivity contribution in [2.24, 2.45) is 5.10 Å². The van der Waals surface area contributed by atoms with Crippen LogP contribution in [0.5, 0.6) is 5.75 Å². The molecule has 5 heteroatoms. The summed E-state index contributed by atoms with van der Waals surface area (Å²) in [6, 6.07) is 25.2. The predicted molar refractivity (Wildman–Crippen MR) is 129 cm³/mol. The lowest BCUT2D eigenvalue weighted by Crippen LogP contribution is -2.18. The molecule has 4 rings (SSSR count). The van der Waals surface area contributed by atoms with Crippen LogP contribution < -0.4 is 10.2 Å². The summed E-state index contributed by atoms with van der Waals surface area (Å²) in [5, 5.41) is 4.87. The van der Waals surface area contributed by atoms with E-state index in [9.17, 15) is 4.79 Å². The number of fused-ring (bicyclic) bond motifs is 1. The average molecular weight is 424 g/mol. The van der Waals surface area contributed by atoms with Crippen molar-refractivity contribution >= 4 is 23.0 Å². The quantitative estimate of drug-likeness (QED) is 0.315. The summed E-state index contributed by atoms with van der Waals surface area (Å²) in [6.07, 6.45) is 1.64. The summed E-state index contributed by atoms with van der Waals surface area (Å²) in [5.41, 5.74) is 7.69. The molecule has 0 saturated heterocycles. The van der Waals surface area contributed by atoms with Crippen molar-refractivity contribution < 1.29 is 9.53 Å². The van der Waals surface area contributed by atoms with Crippen LogP contribution in [0.3, 0.4) is 0 Å². The number of carbonyl (C=O) groups is 1. The van der Waals surface area contributed by atoms with Crippen LogP contribution in [0, 0.1) is 0 Å². The van der Waals surface area contributed by atoms with Gasteiger partial charge in [0.2, 0.25) is 0 Å². The van der Waals surface area contributed by atoms with E-state index in [4.69, 9.17) is 9.72 Å². The standard InChI is InChI=1S/C27H25N3O2/c1-18(2)20-11-9-19(10-12-20)17-28-30-27(31)24-16-26(21-7-5-4-6-8-21)29-25-14-13-22(32-3)15-23(24)25/h4-18H,1-3H3,(H,30,31). The molecule has 0 aliphatic rings. The summed E-state index contributed by atoms with van der Waals surface area (Å²) in [6.45, 7) is 4.31. The molecule has 0 aliphatic heterocycles. The Morgan fingerprint density at radius 2 is 1.75 bits per heavy atom. The number of nitrogens with one attached hydrogen (secondary N) is 1. The van der Waals surface area contributed by atoms with Gasteiger partial charge in [0.05, 0.1) is 30.1 Å². The molecule has 0 spiro atoms. The van der Waals surface area contributed by atoms with Crippen LogP contribution in [0.25, 0.3) is 22.2 Å². The number of amides is 1. The number of hydrogen-bond acceptors (Lipinski definition) is 4. The molecule has 0 atom stereocenters. The topological polar surface area (TPSA) is 63.6 Å². The lowest BCUT2D eigenvalue weighted by Gasteiger charge is -2.10. The van der Waals surface area contributed by atoms with E-state index >= 15 is 0 Å². The fourth-order valence-electron chi connectivity index (χ4n) is 3.47. The normalized spacial score (nSPS) is 11.2. The van der Waals surface area contributed by atoms with E-state index in [1.165, 1.54) is 5.56 Å². The molecule has 3 aromatic carbocycles. The van der Waals surface area contributed by atoms with E-state index in [0.717, 1.165) is 16.8 Å². The number of carbonyl (C=O) groups excluding carboxylic acids is 1. The van der Waals surface area contributed by atoms with Gasteiger partial charge in [-0.1, -0.05) is 68.4 Å². The van der Waals surface area contributed by atoms with Crippen LogP contribution in [0.2, 0.25) is 0 Å². The zero-order chi connectivity index (χ0) is 22.5. The number of nitrogens with zero attached hydrogens (tertiary/aromatic N) is 2. The summed E-state index contributed by atoms with van der Waals surface area (Å²) >= 11 is 0. The Hall–Kier alpha value is -3.99. The van der Waals surface area contributed by atoms with Gasteiger partial charge in [-0.15, -0.1) is 0 Å². The molecule has 1 heterocycles. The lowest BCUT2D eigenvalue weighted by molar-refractivity contribution is 0.0956. The van der Waals surface area contributed by atoms with Crippen LogP contribution >= 0.6 is 0 Å². The molecule has 160 valence electrons. The second-order valence-corrected chi connectivity index (χ2v) is 7.82. The Morgan fingerprint density at radius 3 is 2.44 bits per heavy atom. The van der Waals surface area contributed by atoms with Gasteiger partial charge in [0.15, 0.2) is 0 Å². The van der Waals surface area contributed by atoms with Gasteiger partial charge in [-0.05, 0) is 41.3 Å². The van der Waals surface area contributed by atoms with Gasteiger partial charge in [-0.25, -0.2) is 10.4 Å². The van der Waals surface area contributed by atoms with Crippen LogP contribution in [0.15, 0.2) is 84.0 Å². The highest BCUT2D eigenvalue weighted by Gasteiger charge is 2.14. The molecule has 32 heavy (non-hydrogen) atoms. The first-order chi connectivity index (χ1) is 15.5. The third-order valence-corrected chi connectivity index (χ3v) is 5.31. The minimum absolute atomic E-state index is 0.308. The van der Waals surface area contributed by atoms with Crippen LogP contribution in [-0.4, -0.2) is 24.2 Å². The fourth-order valence-corrected chi connectivity index (χ4v) is 3.47. The first-order valence-electron chi connectivity index (χ1n) is 10.5. The SMILES string of the molecule is COc1ccc2nc(-c3ccccc3)cc(C(=O)NN=Cc3ccc(C(C)C)cc3)c2c1. The number of rotatable bonds is 6. The summed E-state index contributed by atoms with van der Waals surface area (Å²) in [4.78, 5) is 17.8. The van der Waals surface area contributed by atoms with Gasteiger partial charge in [0.25, 0.3) is 5.91 Å². The lowest BCUT2D eigenvalue weighted by atomic mass is 10.0. The number of ether oxygens (including phenoxy) is 1. The number of hydrogen-bond donors (Lipinski definition) is 1. The third-order valence-electron chi connectivity index (χ3n) is 5.31. The molecule has 0 radical (unpaired) electrons. The maximum absolute atomic E-state index is 13.1. The van der Waals surface area contributed by atoms with E-state index in [1.807, 2.05) is 60.7 Å². The van der Waals surface area contributed by atoms with E-state index in [1.54, 1.807) is 19.4 Å². The zero-order valence-electron chi connectivity index (χ0n) is 18.4. The molecule has 1 N–H and O–H groups in total. The first kappa shape index (κ1) is 21.2. The van der Waals surface area contributed by atoms with Crippen molar-refractivity contribution in [3.63, 3.8) is 0 Å². The molecule has 1 aromatic heterocycles. The molecule has 5 nitrogen and oxygen atoms in total. The smallest absolute Gasteiger partial charge is 0.272 e. The van der Waals surface area contributed by atoms with Crippen molar-refractivity contribution in [3.05, 3.63) is 95.6 Å². The Morgan fingerprint density at radius 1 is 1.00 bits per heavy atom. The molecule has 0 saturated carbocycles. The number of aromatic nitrogens is 1. The van der Waals surface area contributed by atoms with Gasteiger partial charge in [-0.2, -0.15) is 5.10 Å². The highest BCUT2D eigenvalue weighted by Crippen LogP contribution is 2.27. The third kappa shape index (κ3) is 4.67. The monoisotopic (exact) mass is 423 g/mol. The highest BCUT2D eigenvalue weighted by molar-refractivity contribution is 6.07. The Balaban J connectivity index is 1.65. The number of hydrazone groups is 1. The van der Waals surface area contributed by atoms with Crippen LogP contribution in [-0.2, 0) is 0 Å². The van der Waals surface area contributed by atoms with Gasteiger partial charge in [0, 0.05) is 10.9 Å². The molecule has 0 aliphatic carbocycles. The zero-order valence-corrected chi connectivity index (χ0v) is 18.4. The molecule has 0 bridgehead atoms. The second-order valence-electron chi connectivity index (χ2n) is 7.82. The van der Waals surface area contributed by atoms with Gasteiger partial charge < -0.3 is 4.74 Å². The van der Waals surface area contributed by atoms with E-state index in [2.05, 4.69) is 36.5 Å². The minimum Gasteiger partial charge on any atom is -0.497 e. The molecule has 0 unspecified atom stereocenters. The van der Waals surface area contributed by atoms with E-state index in [0.29, 0.717) is 28.1 Å². The van der Waals surface area contributed by atoms with Crippen molar-refractivity contribution in [1.82, 2.24) is 10.4 Å². The summed E-state index contributed by atoms with van der Waals surface area (Å²) < 4.78 is 5.35. The maximum atomic E-state index is 13.1. The number of benzene rings is 3. The molecular weight excluding hydrogens is 398 g/mol. The molecule has 0 fully saturated rings. The van der Waals surface area contributed by atoms with Crippen molar-refractivity contribution in [1.29, 1.82) is 0 Å². The maximum Gasteiger partial charge on any atom is 0.272 e. The largest absolute Gasteiger partial charge is 0.497 e. The highest BCUT2D eigenvalue weighted by atomic mass is 16.5. The van der Waals surface area contributed by atoms with Gasteiger partial charge in [-0.3, -0.25) is 4.79 Å². The predicted octanol–water partition coefficient (Wildman–Crippen LogP) is 5.80. The van der Waals surface area contributed by atoms with E-state index < -0.39 is 0 Å². The fraction of sp³-hybridized carbons (Fsp3) is 0.148. The number of pyridine rings is 1. The van der Waals surface area contributed by atoms with Crippen molar-refractivity contribution in [2.45, 2.75) is 19.8 Å². The summed E-state index contributed by atoms with van der Waals surface area (Å²) in [7, 11) is 1.60. The van der Waals surface area contributed by atoms with Crippen molar-refractivity contribution in [2.75, 3.05) is 7.11 Å². The second kappa shape index (κ2) is 9.43. The average Bonchev–Trinajstić information content (AvgIpc) is 2.83. The van der Waals surface area contributed by atoms with E-state index in [-0.39, 0.29) is 5.91 Å². The van der Waals surface area contributed by atoms with Gasteiger partial charge >= 0.3 is 0 Å². The Kier molecular flexibility index (Phi) is 6.26. The number of methoxy groups -OCH3 is 1. The summed E-state index contributed by atoms with van der Waals surface area (Å²) in [5.74, 6) is 0.823. The minimum atomic E-state index is -0.308. The van der Waals surface area contributed by atoms with Crippen LogP contribution in [0.1, 0.15) is 41.3 Å².